The first-order chi connectivity index (χ1) is 16.6. The number of aryl methyl sites for hydroxylation is 1. The summed E-state index contributed by atoms with van der Waals surface area (Å²) in [5.41, 5.74) is 0.486. The van der Waals surface area contributed by atoms with Gasteiger partial charge in [-0.1, -0.05) is 30.3 Å². The lowest BCUT2D eigenvalue weighted by atomic mass is 10.1. The van der Waals surface area contributed by atoms with Crippen LogP contribution in [-0.4, -0.2) is 26.4 Å². The van der Waals surface area contributed by atoms with Crippen LogP contribution >= 0.6 is 0 Å². The second kappa shape index (κ2) is 10.5. The number of benzene rings is 3. The summed E-state index contributed by atoms with van der Waals surface area (Å²) in [6.07, 6.45) is 1.23. The molecule has 0 aliphatic carbocycles. The van der Waals surface area contributed by atoms with E-state index in [2.05, 4.69) is 5.32 Å². The van der Waals surface area contributed by atoms with Crippen LogP contribution in [0.5, 0.6) is 11.5 Å². The van der Waals surface area contributed by atoms with E-state index in [-0.39, 0.29) is 38.9 Å². The Morgan fingerprint density at radius 1 is 1.09 bits per heavy atom. The molecule has 0 aliphatic rings. The summed E-state index contributed by atoms with van der Waals surface area (Å²) in [6.45, 7) is 1.65. The van der Waals surface area contributed by atoms with Crippen molar-refractivity contribution in [1.82, 2.24) is 0 Å². The lowest BCUT2D eigenvalue weighted by Crippen LogP contribution is -2.14. The number of nitriles is 1. The lowest BCUT2D eigenvalue weighted by molar-refractivity contribution is -0.384. The van der Waals surface area contributed by atoms with Crippen LogP contribution in [0.3, 0.4) is 0 Å². The molecule has 3 rings (SSSR count). The summed E-state index contributed by atoms with van der Waals surface area (Å²) in [5, 5.41) is 23.0. The maximum atomic E-state index is 12.7. The standard InChI is InChI=1S/C24H19N3O7S/c1-16-8-10-19(27(29)30)14-21(16)26-24(28)18(15-25)12-17-9-11-22(33-2)23(13-17)34-35(31,32)20-6-4-3-5-7-20/h3-14H,1-2H3,(H,26,28)/b18-12+. The van der Waals surface area contributed by atoms with E-state index in [1.54, 1.807) is 31.2 Å². The molecule has 0 saturated heterocycles. The zero-order valence-corrected chi connectivity index (χ0v) is 19.4. The summed E-state index contributed by atoms with van der Waals surface area (Å²) in [4.78, 5) is 23.0. The van der Waals surface area contributed by atoms with Crippen LogP contribution in [-0.2, 0) is 14.9 Å². The maximum absolute atomic E-state index is 12.7. The SMILES string of the molecule is COc1ccc(/C=C(\C#N)C(=O)Nc2cc([N+](=O)[O-])ccc2C)cc1OS(=O)(=O)c1ccccc1. The van der Waals surface area contributed by atoms with Gasteiger partial charge in [-0.25, -0.2) is 0 Å². The topological polar surface area (TPSA) is 149 Å². The molecule has 3 aromatic carbocycles. The summed E-state index contributed by atoms with van der Waals surface area (Å²) in [6, 6.07) is 17.5. The number of carbonyl (C=O) groups is 1. The molecule has 178 valence electrons. The molecule has 0 unspecified atom stereocenters. The largest absolute Gasteiger partial charge is 0.493 e. The number of hydrogen-bond acceptors (Lipinski definition) is 8. The number of anilines is 1. The Morgan fingerprint density at radius 2 is 1.80 bits per heavy atom. The maximum Gasteiger partial charge on any atom is 0.339 e. The number of hydrogen-bond donors (Lipinski definition) is 1. The first kappa shape index (κ1) is 24.9. The van der Waals surface area contributed by atoms with Crippen molar-refractivity contribution >= 4 is 33.5 Å². The highest BCUT2D eigenvalue weighted by Crippen LogP contribution is 2.32. The normalized spacial score (nSPS) is 11.3. The number of carbonyl (C=O) groups excluding carboxylic acids is 1. The molecule has 35 heavy (non-hydrogen) atoms. The number of nitrogens with one attached hydrogen (secondary N) is 1. The van der Waals surface area contributed by atoms with Crippen molar-refractivity contribution in [3.05, 3.63) is 93.5 Å². The van der Waals surface area contributed by atoms with Gasteiger partial charge in [0.1, 0.15) is 16.5 Å². The number of non-ortho nitro benzene ring substituents is 1. The van der Waals surface area contributed by atoms with E-state index in [9.17, 15) is 28.6 Å². The number of nitro groups is 1. The van der Waals surface area contributed by atoms with Gasteiger partial charge in [-0.15, -0.1) is 0 Å². The van der Waals surface area contributed by atoms with Crippen LogP contribution in [0.4, 0.5) is 11.4 Å². The van der Waals surface area contributed by atoms with Crippen LogP contribution in [0.2, 0.25) is 0 Å². The number of rotatable bonds is 8. The molecule has 0 bridgehead atoms. The predicted octanol–water partition coefficient (Wildman–Crippen LogP) is 4.23. The van der Waals surface area contributed by atoms with Crippen molar-refractivity contribution in [3.8, 4) is 17.6 Å². The van der Waals surface area contributed by atoms with Gasteiger partial charge in [0.05, 0.1) is 17.7 Å². The van der Waals surface area contributed by atoms with E-state index in [0.29, 0.717) is 5.56 Å². The van der Waals surface area contributed by atoms with E-state index < -0.39 is 20.9 Å². The molecule has 0 saturated carbocycles. The molecule has 0 aliphatic heterocycles. The van der Waals surface area contributed by atoms with Crippen LogP contribution in [0.1, 0.15) is 11.1 Å². The number of nitrogens with zero attached hydrogens (tertiary/aromatic N) is 2. The molecular formula is C24H19N3O7S. The number of methoxy groups -OCH3 is 1. The zero-order valence-electron chi connectivity index (χ0n) is 18.6. The van der Waals surface area contributed by atoms with Crippen LogP contribution < -0.4 is 14.2 Å². The van der Waals surface area contributed by atoms with Crippen molar-refractivity contribution in [2.45, 2.75) is 11.8 Å². The highest BCUT2D eigenvalue weighted by molar-refractivity contribution is 7.87. The van der Waals surface area contributed by atoms with E-state index in [4.69, 9.17) is 8.92 Å². The van der Waals surface area contributed by atoms with E-state index >= 15 is 0 Å². The van der Waals surface area contributed by atoms with Gasteiger partial charge in [0.2, 0.25) is 0 Å². The third kappa shape index (κ3) is 6.01. The van der Waals surface area contributed by atoms with Gasteiger partial charge in [0, 0.05) is 12.1 Å². The van der Waals surface area contributed by atoms with Crippen molar-refractivity contribution in [3.63, 3.8) is 0 Å². The average Bonchev–Trinajstić information content (AvgIpc) is 2.84. The molecule has 0 atom stereocenters. The third-order valence-corrected chi connectivity index (χ3v) is 6.02. The van der Waals surface area contributed by atoms with Gasteiger partial charge in [-0.2, -0.15) is 13.7 Å². The molecule has 1 amide bonds. The van der Waals surface area contributed by atoms with Crippen molar-refractivity contribution in [2.75, 3.05) is 12.4 Å². The molecular weight excluding hydrogens is 474 g/mol. The Labute approximate surface area is 201 Å². The van der Waals surface area contributed by atoms with Crippen molar-refractivity contribution < 1.29 is 27.1 Å². The molecule has 10 nitrogen and oxygen atoms in total. The predicted molar refractivity (Wildman–Crippen MR) is 127 cm³/mol. The second-order valence-electron chi connectivity index (χ2n) is 7.14. The van der Waals surface area contributed by atoms with Gasteiger partial charge < -0.3 is 14.2 Å². The first-order valence-corrected chi connectivity index (χ1v) is 11.4. The highest BCUT2D eigenvalue weighted by Gasteiger charge is 2.20. The Kier molecular flexibility index (Phi) is 7.48. The number of amides is 1. The third-order valence-electron chi connectivity index (χ3n) is 4.78. The molecule has 3 aromatic rings. The Morgan fingerprint density at radius 3 is 2.43 bits per heavy atom. The van der Waals surface area contributed by atoms with Crippen LogP contribution in [0.25, 0.3) is 6.08 Å². The number of ether oxygens (including phenoxy) is 1. The molecule has 0 radical (unpaired) electrons. The molecule has 1 N–H and O–H groups in total. The lowest BCUT2D eigenvalue weighted by Gasteiger charge is -2.12. The van der Waals surface area contributed by atoms with Gasteiger partial charge in [-0.05, 0) is 48.4 Å². The van der Waals surface area contributed by atoms with Crippen LogP contribution in [0.15, 0.2) is 77.2 Å². The smallest absolute Gasteiger partial charge is 0.339 e. The van der Waals surface area contributed by atoms with E-state index in [1.807, 2.05) is 0 Å². The number of nitro benzene ring substituents is 1. The second-order valence-corrected chi connectivity index (χ2v) is 8.69. The van der Waals surface area contributed by atoms with Gasteiger partial charge in [0.25, 0.3) is 11.6 Å². The fraction of sp³-hybridized carbons (Fsp3) is 0.0833. The molecule has 0 spiro atoms. The van der Waals surface area contributed by atoms with Crippen molar-refractivity contribution in [2.24, 2.45) is 0 Å². The fourth-order valence-corrected chi connectivity index (χ4v) is 3.92. The molecule has 0 fully saturated rings. The summed E-state index contributed by atoms with van der Waals surface area (Å²) in [7, 11) is -2.83. The molecule has 0 aromatic heterocycles. The minimum atomic E-state index is -4.17. The average molecular weight is 493 g/mol. The van der Waals surface area contributed by atoms with E-state index in [0.717, 1.165) is 0 Å². The Balaban J connectivity index is 1.91. The highest BCUT2D eigenvalue weighted by atomic mass is 32.2. The van der Waals surface area contributed by atoms with Gasteiger partial charge in [0.15, 0.2) is 11.5 Å². The van der Waals surface area contributed by atoms with E-state index in [1.165, 1.54) is 61.7 Å². The summed E-state index contributed by atoms with van der Waals surface area (Å²) < 4.78 is 35.7. The Bertz CT molecular complexity index is 1460. The van der Waals surface area contributed by atoms with Gasteiger partial charge in [-0.3, -0.25) is 14.9 Å². The fourth-order valence-electron chi connectivity index (χ4n) is 2.96. The minimum absolute atomic E-state index is 0.0626. The van der Waals surface area contributed by atoms with Crippen molar-refractivity contribution in [1.29, 1.82) is 5.26 Å². The minimum Gasteiger partial charge on any atom is -0.493 e. The molecule has 11 heteroatoms. The monoisotopic (exact) mass is 493 g/mol. The summed E-state index contributed by atoms with van der Waals surface area (Å²) >= 11 is 0. The van der Waals surface area contributed by atoms with Crippen LogP contribution in [0, 0.1) is 28.4 Å². The summed E-state index contributed by atoms with van der Waals surface area (Å²) in [5.74, 6) is -0.819. The first-order valence-electron chi connectivity index (χ1n) is 10.0. The quantitative estimate of drug-likeness (QED) is 0.161. The Hall–Kier alpha value is -4.69. The zero-order chi connectivity index (χ0) is 25.6. The van der Waals surface area contributed by atoms with Gasteiger partial charge >= 0.3 is 10.1 Å². The molecule has 0 heterocycles.